The van der Waals surface area contributed by atoms with Gasteiger partial charge >= 0.3 is 5.97 Å². The van der Waals surface area contributed by atoms with Crippen LogP contribution < -0.4 is 0 Å². The first kappa shape index (κ1) is 21.2. The minimum Gasteiger partial charge on any atom is -0.481 e. The molecular formula is C20H36O4. The van der Waals surface area contributed by atoms with Crippen molar-refractivity contribution < 1.29 is 20.1 Å². The average Bonchev–Trinajstić information content (AvgIpc) is 2.89. The summed E-state index contributed by atoms with van der Waals surface area (Å²) in [5.41, 5.74) is 0. The number of rotatable bonds is 13. The van der Waals surface area contributed by atoms with Crippen LogP contribution in [-0.2, 0) is 4.79 Å². The van der Waals surface area contributed by atoms with E-state index < -0.39 is 5.97 Å². The molecule has 140 valence electrons. The van der Waals surface area contributed by atoms with Crippen LogP contribution in [0.2, 0.25) is 0 Å². The van der Waals surface area contributed by atoms with E-state index >= 15 is 0 Å². The smallest absolute Gasteiger partial charge is 0.303 e. The number of carboxylic acids is 1. The van der Waals surface area contributed by atoms with Gasteiger partial charge in [-0.2, -0.15) is 0 Å². The SMILES string of the molecule is CCCCC[C@@H](O)/C=C/[C@H]1CC[C@@H](O)[C@@H]1CCCCCCC(=O)O. The van der Waals surface area contributed by atoms with Crippen molar-refractivity contribution >= 4 is 5.97 Å². The first-order chi connectivity index (χ1) is 11.5. The number of hydrogen-bond acceptors (Lipinski definition) is 3. The summed E-state index contributed by atoms with van der Waals surface area (Å²) in [6.45, 7) is 2.16. The summed E-state index contributed by atoms with van der Waals surface area (Å²) in [7, 11) is 0. The number of allylic oxidation sites excluding steroid dienone is 1. The molecule has 0 saturated heterocycles. The summed E-state index contributed by atoms with van der Waals surface area (Å²) in [5, 5.41) is 28.8. The van der Waals surface area contributed by atoms with Crippen molar-refractivity contribution in [2.45, 2.75) is 96.2 Å². The number of aliphatic hydroxyl groups excluding tert-OH is 2. The molecule has 0 amide bonds. The molecule has 4 nitrogen and oxygen atoms in total. The highest BCUT2D eigenvalue weighted by molar-refractivity contribution is 5.66. The van der Waals surface area contributed by atoms with Crippen LogP contribution in [0.5, 0.6) is 0 Å². The molecule has 0 unspecified atom stereocenters. The van der Waals surface area contributed by atoms with Gasteiger partial charge in [0.05, 0.1) is 12.2 Å². The lowest BCUT2D eigenvalue weighted by Crippen LogP contribution is -2.18. The molecule has 1 saturated carbocycles. The zero-order valence-corrected chi connectivity index (χ0v) is 15.2. The lowest BCUT2D eigenvalue weighted by atomic mass is 9.88. The molecule has 3 N–H and O–H groups in total. The van der Waals surface area contributed by atoms with Gasteiger partial charge in [-0.25, -0.2) is 0 Å². The fourth-order valence-corrected chi connectivity index (χ4v) is 3.70. The molecule has 24 heavy (non-hydrogen) atoms. The molecular weight excluding hydrogens is 304 g/mol. The maximum atomic E-state index is 10.5. The molecule has 1 rings (SSSR count). The highest BCUT2D eigenvalue weighted by Crippen LogP contribution is 2.36. The number of unbranched alkanes of at least 4 members (excludes halogenated alkanes) is 5. The number of carboxylic acid groups (broad SMARTS) is 1. The molecule has 0 bridgehead atoms. The molecule has 0 heterocycles. The summed E-state index contributed by atoms with van der Waals surface area (Å²) < 4.78 is 0. The maximum Gasteiger partial charge on any atom is 0.303 e. The van der Waals surface area contributed by atoms with Crippen LogP contribution >= 0.6 is 0 Å². The first-order valence-electron chi connectivity index (χ1n) is 9.80. The summed E-state index contributed by atoms with van der Waals surface area (Å²) in [6, 6.07) is 0. The van der Waals surface area contributed by atoms with Crippen LogP contribution in [0.15, 0.2) is 12.2 Å². The average molecular weight is 341 g/mol. The Morgan fingerprint density at radius 1 is 1.12 bits per heavy atom. The quantitative estimate of drug-likeness (QED) is 0.345. The van der Waals surface area contributed by atoms with Crippen molar-refractivity contribution in [2.75, 3.05) is 0 Å². The molecule has 0 aromatic rings. The van der Waals surface area contributed by atoms with E-state index in [0.717, 1.165) is 64.2 Å². The van der Waals surface area contributed by atoms with Crippen molar-refractivity contribution in [2.24, 2.45) is 11.8 Å². The third-order valence-electron chi connectivity index (χ3n) is 5.20. The van der Waals surface area contributed by atoms with Gasteiger partial charge in [-0.3, -0.25) is 4.79 Å². The van der Waals surface area contributed by atoms with Gasteiger partial charge in [0.25, 0.3) is 0 Å². The summed E-state index contributed by atoms with van der Waals surface area (Å²) >= 11 is 0. The van der Waals surface area contributed by atoms with E-state index in [4.69, 9.17) is 5.11 Å². The fourth-order valence-electron chi connectivity index (χ4n) is 3.70. The standard InChI is InChI=1S/C20H36O4/c1-2-3-6-9-17(21)14-12-16-13-15-19(22)18(16)10-7-4-5-8-11-20(23)24/h12,14,16-19,21-22H,2-11,13,15H2,1H3,(H,23,24)/b14-12+/t16-,17+,18+,19+/m0/s1. The van der Waals surface area contributed by atoms with Crippen molar-refractivity contribution in [3.63, 3.8) is 0 Å². The molecule has 4 atom stereocenters. The number of aliphatic carboxylic acids is 1. The molecule has 0 spiro atoms. The van der Waals surface area contributed by atoms with Crippen LogP contribution in [0.3, 0.4) is 0 Å². The molecule has 0 aromatic carbocycles. The molecule has 0 radical (unpaired) electrons. The molecule has 0 aromatic heterocycles. The van der Waals surface area contributed by atoms with E-state index in [1.54, 1.807) is 0 Å². The van der Waals surface area contributed by atoms with E-state index in [1.807, 2.05) is 6.08 Å². The summed E-state index contributed by atoms with van der Waals surface area (Å²) in [6.07, 6.45) is 14.6. The van der Waals surface area contributed by atoms with Gasteiger partial charge in [0.2, 0.25) is 0 Å². The van der Waals surface area contributed by atoms with Crippen molar-refractivity contribution in [3.05, 3.63) is 12.2 Å². The Balaban J connectivity index is 2.27. The van der Waals surface area contributed by atoms with Crippen molar-refractivity contribution in [1.82, 2.24) is 0 Å². The predicted molar refractivity (Wildman–Crippen MR) is 96.8 cm³/mol. The Hall–Kier alpha value is -0.870. The second kappa shape index (κ2) is 12.5. The topological polar surface area (TPSA) is 77.8 Å². The van der Waals surface area contributed by atoms with Gasteiger partial charge in [0, 0.05) is 6.42 Å². The fraction of sp³-hybridized carbons (Fsp3) is 0.850. The number of aliphatic hydroxyl groups is 2. The second-order valence-electron chi connectivity index (χ2n) is 7.27. The van der Waals surface area contributed by atoms with Gasteiger partial charge in [-0.1, -0.05) is 57.6 Å². The van der Waals surface area contributed by atoms with Gasteiger partial charge in [0.1, 0.15) is 0 Å². The summed E-state index contributed by atoms with van der Waals surface area (Å²) in [5.74, 6) is -0.0488. The van der Waals surface area contributed by atoms with Crippen LogP contribution in [0.1, 0.15) is 84.0 Å². The Bertz CT molecular complexity index is 367. The lowest BCUT2D eigenvalue weighted by Gasteiger charge is -2.20. The summed E-state index contributed by atoms with van der Waals surface area (Å²) in [4.78, 5) is 10.5. The predicted octanol–water partition coefficient (Wildman–Crippen LogP) is 4.30. The third kappa shape index (κ3) is 8.84. The Kier molecular flexibility index (Phi) is 11.0. The van der Waals surface area contributed by atoms with Gasteiger partial charge in [0.15, 0.2) is 0 Å². The number of carbonyl (C=O) groups is 1. The van der Waals surface area contributed by atoms with E-state index in [-0.39, 0.29) is 18.6 Å². The number of hydrogen-bond donors (Lipinski definition) is 3. The Morgan fingerprint density at radius 2 is 1.88 bits per heavy atom. The Morgan fingerprint density at radius 3 is 2.58 bits per heavy atom. The first-order valence-corrected chi connectivity index (χ1v) is 9.80. The highest BCUT2D eigenvalue weighted by Gasteiger charge is 2.32. The molecule has 1 fully saturated rings. The van der Waals surface area contributed by atoms with Crippen LogP contribution in [0.25, 0.3) is 0 Å². The molecule has 4 heteroatoms. The van der Waals surface area contributed by atoms with E-state index in [2.05, 4.69) is 13.0 Å². The molecule has 1 aliphatic rings. The lowest BCUT2D eigenvalue weighted by molar-refractivity contribution is -0.137. The van der Waals surface area contributed by atoms with Crippen LogP contribution in [0, 0.1) is 11.8 Å². The van der Waals surface area contributed by atoms with Crippen molar-refractivity contribution in [3.8, 4) is 0 Å². The normalized spacial score (nSPS) is 25.4. The van der Waals surface area contributed by atoms with E-state index in [1.165, 1.54) is 6.42 Å². The van der Waals surface area contributed by atoms with Gasteiger partial charge < -0.3 is 15.3 Å². The Labute approximate surface area is 147 Å². The third-order valence-corrected chi connectivity index (χ3v) is 5.20. The minimum atomic E-state index is -0.719. The zero-order chi connectivity index (χ0) is 17.8. The van der Waals surface area contributed by atoms with Crippen LogP contribution in [0.4, 0.5) is 0 Å². The second-order valence-corrected chi connectivity index (χ2v) is 7.27. The monoisotopic (exact) mass is 340 g/mol. The van der Waals surface area contributed by atoms with Gasteiger partial charge in [-0.05, 0) is 43.9 Å². The van der Waals surface area contributed by atoms with E-state index in [0.29, 0.717) is 11.8 Å². The molecule has 0 aliphatic heterocycles. The van der Waals surface area contributed by atoms with Crippen LogP contribution in [-0.4, -0.2) is 33.5 Å². The maximum absolute atomic E-state index is 10.5. The highest BCUT2D eigenvalue weighted by atomic mass is 16.4. The minimum absolute atomic E-state index is 0.226. The van der Waals surface area contributed by atoms with Crippen molar-refractivity contribution in [1.29, 1.82) is 0 Å². The zero-order valence-electron chi connectivity index (χ0n) is 15.2. The van der Waals surface area contributed by atoms with Gasteiger partial charge in [-0.15, -0.1) is 0 Å². The van der Waals surface area contributed by atoms with E-state index in [9.17, 15) is 15.0 Å². The largest absolute Gasteiger partial charge is 0.481 e. The molecule has 1 aliphatic carbocycles.